The molecule has 0 heterocycles. The molecule has 0 radical (unpaired) electrons. The first kappa shape index (κ1) is 9.75. The molecule has 0 amide bonds. The van der Waals surface area contributed by atoms with E-state index in [4.69, 9.17) is 5.11 Å². The number of hydrogen-bond acceptors (Lipinski definition) is 1. The first-order chi connectivity index (χ1) is 4.37. The first-order valence-corrected chi connectivity index (χ1v) is 3.05. The van der Waals surface area contributed by atoms with Crippen molar-refractivity contribution in [2.24, 2.45) is 5.41 Å². The third kappa shape index (κ3) is 1.62. The highest BCUT2D eigenvalue weighted by Crippen LogP contribution is 2.39. The Balaban J connectivity index is 4.33. The fraction of sp³-hybridized carbons (Fsp3) is 1.00. The summed E-state index contributed by atoms with van der Waals surface area (Å²) in [6, 6.07) is 0. The van der Waals surface area contributed by atoms with Gasteiger partial charge in [-0.2, -0.15) is 13.2 Å². The quantitative estimate of drug-likeness (QED) is 0.647. The third-order valence-corrected chi connectivity index (χ3v) is 1.81. The topological polar surface area (TPSA) is 20.2 Å². The fourth-order valence-corrected chi connectivity index (χ4v) is 0.402. The van der Waals surface area contributed by atoms with Crippen LogP contribution in [0.25, 0.3) is 0 Å². The molecule has 4 heteroatoms. The van der Waals surface area contributed by atoms with Gasteiger partial charge in [0.1, 0.15) is 0 Å². The van der Waals surface area contributed by atoms with E-state index in [9.17, 15) is 13.2 Å². The molecule has 0 aromatic rings. The Bertz CT molecular complexity index is 104. The van der Waals surface area contributed by atoms with Crippen LogP contribution in [0, 0.1) is 5.41 Å². The number of aliphatic hydroxyl groups excluding tert-OH is 1. The highest BCUT2D eigenvalue weighted by molar-refractivity contribution is 4.79. The summed E-state index contributed by atoms with van der Waals surface area (Å²) in [4.78, 5) is 0. The SMILES string of the molecule is CCC(C)(CO)C(F)(F)F. The van der Waals surface area contributed by atoms with Crippen molar-refractivity contribution in [3.05, 3.63) is 0 Å². The molecule has 0 aromatic carbocycles. The molecule has 62 valence electrons. The summed E-state index contributed by atoms with van der Waals surface area (Å²) in [6.07, 6.45) is -4.39. The average Bonchev–Trinajstić information content (AvgIpc) is 1.84. The minimum Gasteiger partial charge on any atom is -0.395 e. The monoisotopic (exact) mass is 156 g/mol. The maximum atomic E-state index is 11.9. The Hall–Kier alpha value is -0.250. The number of hydrogen-bond donors (Lipinski definition) is 1. The van der Waals surface area contributed by atoms with Gasteiger partial charge in [-0.25, -0.2) is 0 Å². The summed E-state index contributed by atoms with van der Waals surface area (Å²) in [5, 5.41) is 8.40. The van der Waals surface area contributed by atoms with E-state index in [0.717, 1.165) is 6.92 Å². The van der Waals surface area contributed by atoms with Crippen LogP contribution >= 0.6 is 0 Å². The maximum Gasteiger partial charge on any atom is 0.396 e. The van der Waals surface area contributed by atoms with Gasteiger partial charge in [0.15, 0.2) is 0 Å². The summed E-state index contributed by atoms with van der Waals surface area (Å²) in [5.41, 5.74) is -1.92. The first-order valence-electron chi connectivity index (χ1n) is 3.05. The van der Waals surface area contributed by atoms with Gasteiger partial charge in [0, 0.05) is 0 Å². The number of aliphatic hydroxyl groups is 1. The second kappa shape index (κ2) is 2.78. The maximum absolute atomic E-state index is 11.9. The van der Waals surface area contributed by atoms with Gasteiger partial charge in [0.2, 0.25) is 0 Å². The van der Waals surface area contributed by atoms with Gasteiger partial charge in [-0.1, -0.05) is 6.92 Å². The van der Waals surface area contributed by atoms with Gasteiger partial charge < -0.3 is 5.11 Å². The van der Waals surface area contributed by atoms with Gasteiger partial charge in [-0.05, 0) is 13.3 Å². The van der Waals surface area contributed by atoms with Crippen LogP contribution in [-0.4, -0.2) is 17.9 Å². The smallest absolute Gasteiger partial charge is 0.395 e. The molecular formula is C6H11F3O. The molecule has 0 saturated heterocycles. The largest absolute Gasteiger partial charge is 0.396 e. The van der Waals surface area contributed by atoms with Crippen LogP contribution in [0.1, 0.15) is 20.3 Å². The molecule has 0 aliphatic heterocycles. The second-order valence-corrected chi connectivity index (χ2v) is 2.57. The number of halogens is 3. The van der Waals surface area contributed by atoms with Crippen molar-refractivity contribution >= 4 is 0 Å². The van der Waals surface area contributed by atoms with Crippen LogP contribution in [0.5, 0.6) is 0 Å². The second-order valence-electron chi connectivity index (χ2n) is 2.57. The van der Waals surface area contributed by atoms with Crippen LogP contribution in [0.4, 0.5) is 13.2 Å². The molecule has 0 aliphatic carbocycles. The minimum atomic E-state index is -4.30. The van der Waals surface area contributed by atoms with Crippen LogP contribution in [0.3, 0.4) is 0 Å². The van der Waals surface area contributed by atoms with Gasteiger partial charge in [0.05, 0.1) is 12.0 Å². The zero-order chi connectivity index (χ0) is 8.41. The van der Waals surface area contributed by atoms with Crippen LogP contribution in [0.2, 0.25) is 0 Å². The van der Waals surface area contributed by atoms with Crippen LogP contribution in [-0.2, 0) is 0 Å². The molecule has 1 N–H and O–H groups in total. The predicted molar refractivity (Wildman–Crippen MR) is 31.5 cm³/mol. The Morgan fingerprint density at radius 3 is 1.70 bits per heavy atom. The van der Waals surface area contributed by atoms with E-state index in [1.165, 1.54) is 6.92 Å². The molecule has 0 rings (SSSR count). The molecule has 0 bridgehead atoms. The van der Waals surface area contributed by atoms with Crippen molar-refractivity contribution in [3.63, 3.8) is 0 Å². The number of alkyl halides is 3. The van der Waals surface area contributed by atoms with E-state index in [1.54, 1.807) is 0 Å². The highest BCUT2D eigenvalue weighted by Gasteiger charge is 2.49. The van der Waals surface area contributed by atoms with Crippen molar-refractivity contribution in [1.82, 2.24) is 0 Å². The molecule has 10 heavy (non-hydrogen) atoms. The summed E-state index contributed by atoms with van der Waals surface area (Å²) in [5.74, 6) is 0. The molecular weight excluding hydrogens is 145 g/mol. The van der Waals surface area contributed by atoms with Crippen molar-refractivity contribution in [3.8, 4) is 0 Å². The lowest BCUT2D eigenvalue weighted by atomic mass is 9.88. The summed E-state index contributed by atoms with van der Waals surface area (Å²) in [7, 11) is 0. The lowest BCUT2D eigenvalue weighted by Gasteiger charge is -2.28. The third-order valence-electron chi connectivity index (χ3n) is 1.81. The van der Waals surface area contributed by atoms with E-state index in [0.29, 0.717) is 0 Å². The highest BCUT2D eigenvalue weighted by atomic mass is 19.4. The molecule has 0 aliphatic rings. The van der Waals surface area contributed by atoms with Crippen molar-refractivity contribution in [1.29, 1.82) is 0 Å². The summed E-state index contributed by atoms with van der Waals surface area (Å²) < 4.78 is 35.8. The van der Waals surface area contributed by atoms with Crippen LogP contribution < -0.4 is 0 Å². The zero-order valence-corrected chi connectivity index (χ0v) is 6.00. The molecule has 1 nitrogen and oxygen atoms in total. The lowest BCUT2D eigenvalue weighted by Crippen LogP contribution is -2.37. The van der Waals surface area contributed by atoms with E-state index in [1.807, 2.05) is 0 Å². The van der Waals surface area contributed by atoms with E-state index < -0.39 is 18.2 Å². The Morgan fingerprint density at radius 1 is 1.30 bits per heavy atom. The van der Waals surface area contributed by atoms with E-state index in [-0.39, 0.29) is 6.42 Å². The van der Waals surface area contributed by atoms with Gasteiger partial charge >= 0.3 is 6.18 Å². The van der Waals surface area contributed by atoms with Crippen molar-refractivity contribution in [2.75, 3.05) is 6.61 Å². The lowest BCUT2D eigenvalue weighted by molar-refractivity contribution is -0.229. The summed E-state index contributed by atoms with van der Waals surface area (Å²) >= 11 is 0. The van der Waals surface area contributed by atoms with Crippen molar-refractivity contribution < 1.29 is 18.3 Å². The summed E-state index contributed by atoms with van der Waals surface area (Å²) in [6.45, 7) is 1.57. The van der Waals surface area contributed by atoms with E-state index >= 15 is 0 Å². The molecule has 0 spiro atoms. The molecule has 1 atom stereocenters. The van der Waals surface area contributed by atoms with Gasteiger partial charge in [-0.15, -0.1) is 0 Å². The predicted octanol–water partition coefficient (Wildman–Crippen LogP) is 1.96. The standard InChI is InChI=1S/C6H11F3O/c1-3-5(2,4-10)6(7,8)9/h10H,3-4H2,1-2H3. The Kier molecular flexibility index (Phi) is 2.71. The minimum absolute atomic E-state index is 0.0903. The molecule has 0 fully saturated rings. The number of rotatable bonds is 2. The average molecular weight is 156 g/mol. The Morgan fingerprint density at radius 2 is 1.70 bits per heavy atom. The Labute approximate surface area is 57.9 Å². The fourth-order valence-electron chi connectivity index (χ4n) is 0.402. The van der Waals surface area contributed by atoms with Gasteiger partial charge in [0.25, 0.3) is 0 Å². The zero-order valence-electron chi connectivity index (χ0n) is 6.00. The molecule has 1 unspecified atom stereocenters. The van der Waals surface area contributed by atoms with Gasteiger partial charge in [-0.3, -0.25) is 0 Å². The van der Waals surface area contributed by atoms with E-state index in [2.05, 4.69) is 0 Å². The van der Waals surface area contributed by atoms with Crippen LogP contribution in [0.15, 0.2) is 0 Å². The molecule has 0 saturated carbocycles. The normalized spacial score (nSPS) is 18.6. The molecule has 0 aromatic heterocycles. The van der Waals surface area contributed by atoms with Crippen molar-refractivity contribution in [2.45, 2.75) is 26.4 Å².